The Morgan fingerprint density at radius 3 is 2.79 bits per heavy atom. The number of carbonyl (C=O) groups excluding carboxylic acids is 1. The summed E-state index contributed by atoms with van der Waals surface area (Å²) < 4.78 is 0. The van der Waals surface area contributed by atoms with Gasteiger partial charge in [-0.1, -0.05) is 0 Å². The summed E-state index contributed by atoms with van der Waals surface area (Å²) in [5.74, 6) is 0.566. The molecule has 0 saturated carbocycles. The van der Waals surface area contributed by atoms with Gasteiger partial charge in [-0.25, -0.2) is 0 Å². The molecule has 5 nitrogen and oxygen atoms in total. The van der Waals surface area contributed by atoms with E-state index in [1.165, 1.54) is 0 Å². The van der Waals surface area contributed by atoms with E-state index in [2.05, 4.69) is 20.8 Å². The van der Waals surface area contributed by atoms with Crippen LogP contribution in [0.15, 0.2) is 12.1 Å². The predicted octanol–water partition coefficient (Wildman–Crippen LogP) is 0.333. The molecule has 5 heteroatoms. The molecular formula is C9H14N4O. The molecule has 0 fully saturated rings. The minimum atomic E-state index is -0.0464. The number of aromatic nitrogens is 2. The molecule has 0 aliphatic rings. The van der Waals surface area contributed by atoms with Crippen LogP contribution in [0.25, 0.3) is 0 Å². The Labute approximate surface area is 82.9 Å². The predicted molar refractivity (Wildman–Crippen MR) is 53.9 cm³/mol. The van der Waals surface area contributed by atoms with Crippen molar-refractivity contribution in [2.24, 2.45) is 0 Å². The van der Waals surface area contributed by atoms with Crippen LogP contribution in [0.1, 0.15) is 12.6 Å². The van der Waals surface area contributed by atoms with Crippen LogP contribution in [0.3, 0.4) is 0 Å². The Balaban J connectivity index is 2.38. The van der Waals surface area contributed by atoms with Crippen LogP contribution in [0.4, 0.5) is 5.82 Å². The van der Waals surface area contributed by atoms with E-state index in [-0.39, 0.29) is 12.5 Å². The fourth-order valence-electron chi connectivity index (χ4n) is 0.924. The lowest BCUT2D eigenvalue weighted by Gasteiger charge is -2.04. The molecule has 76 valence electrons. The Kier molecular flexibility index (Phi) is 3.84. The second-order valence-electron chi connectivity index (χ2n) is 2.87. The molecule has 0 aliphatic heterocycles. The molecule has 0 bridgehead atoms. The number of anilines is 1. The van der Waals surface area contributed by atoms with Crippen molar-refractivity contribution in [2.45, 2.75) is 13.8 Å². The van der Waals surface area contributed by atoms with E-state index < -0.39 is 0 Å². The number of aryl methyl sites for hydroxylation is 1. The molecule has 0 unspecified atom stereocenters. The third kappa shape index (κ3) is 3.38. The first-order valence-corrected chi connectivity index (χ1v) is 4.53. The summed E-state index contributed by atoms with van der Waals surface area (Å²) in [6, 6.07) is 3.63. The Hall–Kier alpha value is -1.65. The molecule has 1 rings (SSSR count). The molecule has 0 spiro atoms. The van der Waals surface area contributed by atoms with Crippen LogP contribution in [0.2, 0.25) is 0 Å². The number of nitrogens with zero attached hydrogens (tertiary/aromatic N) is 2. The van der Waals surface area contributed by atoms with Gasteiger partial charge in [0.1, 0.15) is 5.82 Å². The number of amides is 1. The summed E-state index contributed by atoms with van der Waals surface area (Å²) in [5, 5.41) is 13.3. The summed E-state index contributed by atoms with van der Waals surface area (Å²) in [6.07, 6.45) is 0. The van der Waals surface area contributed by atoms with Crippen molar-refractivity contribution >= 4 is 11.7 Å². The topological polar surface area (TPSA) is 66.9 Å². The fraction of sp³-hybridized carbons (Fsp3) is 0.444. The molecule has 0 aliphatic carbocycles. The van der Waals surface area contributed by atoms with Gasteiger partial charge in [-0.3, -0.25) is 4.79 Å². The zero-order valence-corrected chi connectivity index (χ0v) is 8.37. The van der Waals surface area contributed by atoms with Crippen LogP contribution < -0.4 is 10.6 Å². The highest BCUT2D eigenvalue weighted by atomic mass is 16.1. The lowest BCUT2D eigenvalue weighted by Crippen LogP contribution is -2.29. The van der Waals surface area contributed by atoms with Crippen LogP contribution in [-0.2, 0) is 4.79 Å². The average Bonchev–Trinajstić information content (AvgIpc) is 2.17. The Morgan fingerprint density at radius 2 is 2.21 bits per heavy atom. The highest BCUT2D eigenvalue weighted by Gasteiger charge is 1.99. The zero-order valence-electron chi connectivity index (χ0n) is 8.37. The number of rotatable bonds is 4. The lowest BCUT2D eigenvalue weighted by molar-refractivity contribution is -0.119. The fourth-order valence-corrected chi connectivity index (χ4v) is 0.924. The molecule has 14 heavy (non-hydrogen) atoms. The molecule has 0 saturated heterocycles. The first-order valence-electron chi connectivity index (χ1n) is 4.53. The highest BCUT2D eigenvalue weighted by Crippen LogP contribution is 1.99. The van der Waals surface area contributed by atoms with Gasteiger partial charge in [-0.2, -0.15) is 5.10 Å². The van der Waals surface area contributed by atoms with Gasteiger partial charge in [0.15, 0.2) is 0 Å². The van der Waals surface area contributed by atoms with Crippen molar-refractivity contribution in [3.8, 4) is 0 Å². The van der Waals surface area contributed by atoms with Crippen molar-refractivity contribution in [3.63, 3.8) is 0 Å². The summed E-state index contributed by atoms with van der Waals surface area (Å²) in [4.78, 5) is 11.1. The quantitative estimate of drug-likeness (QED) is 0.725. The summed E-state index contributed by atoms with van der Waals surface area (Å²) >= 11 is 0. The molecule has 0 atom stereocenters. The second-order valence-corrected chi connectivity index (χ2v) is 2.87. The summed E-state index contributed by atoms with van der Waals surface area (Å²) in [6.45, 7) is 4.61. The van der Waals surface area contributed by atoms with Crippen molar-refractivity contribution < 1.29 is 4.79 Å². The number of nitrogens with one attached hydrogen (secondary N) is 2. The van der Waals surface area contributed by atoms with Crippen molar-refractivity contribution in [3.05, 3.63) is 17.8 Å². The monoisotopic (exact) mass is 194 g/mol. The lowest BCUT2D eigenvalue weighted by atomic mass is 10.4. The Morgan fingerprint density at radius 1 is 1.43 bits per heavy atom. The molecule has 0 radical (unpaired) electrons. The molecule has 1 aromatic rings. The van der Waals surface area contributed by atoms with Gasteiger partial charge in [0.05, 0.1) is 12.2 Å². The number of hydrogen-bond donors (Lipinski definition) is 2. The standard InChI is InChI=1S/C9H14N4O/c1-3-10-9(14)6-11-8-5-4-7(2)12-13-8/h4-5H,3,6H2,1-2H3,(H,10,14)(H,11,13). The zero-order chi connectivity index (χ0) is 10.4. The van der Waals surface area contributed by atoms with Crippen molar-refractivity contribution in [1.82, 2.24) is 15.5 Å². The number of hydrogen-bond acceptors (Lipinski definition) is 4. The van der Waals surface area contributed by atoms with Crippen molar-refractivity contribution in [2.75, 3.05) is 18.4 Å². The van der Waals surface area contributed by atoms with Gasteiger partial charge >= 0.3 is 0 Å². The van der Waals surface area contributed by atoms with Crippen LogP contribution >= 0.6 is 0 Å². The maximum Gasteiger partial charge on any atom is 0.239 e. The molecule has 0 aromatic carbocycles. The van der Waals surface area contributed by atoms with Crippen molar-refractivity contribution in [1.29, 1.82) is 0 Å². The molecule has 1 amide bonds. The van der Waals surface area contributed by atoms with E-state index in [1.807, 2.05) is 19.9 Å². The van der Waals surface area contributed by atoms with Crippen LogP contribution in [-0.4, -0.2) is 29.2 Å². The highest BCUT2D eigenvalue weighted by molar-refractivity contribution is 5.80. The van der Waals surface area contributed by atoms with E-state index in [4.69, 9.17) is 0 Å². The normalized spacial score (nSPS) is 9.57. The molecular weight excluding hydrogens is 180 g/mol. The number of likely N-dealkylation sites (N-methyl/N-ethyl adjacent to an activating group) is 1. The third-order valence-electron chi connectivity index (χ3n) is 1.60. The molecule has 1 heterocycles. The minimum absolute atomic E-state index is 0.0464. The third-order valence-corrected chi connectivity index (χ3v) is 1.60. The maximum atomic E-state index is 11.1. The van der Waals surface area contributed by atoms with Gasteiger partial charge in [-0.05, 0) is 26.0 Å². The van der Waals surface area contributed by atoms with Gasteiger partial charge in [0.25, 0.3) is 0 Å². The van der Waals surface area contributed by atoms with E-state index in [0.29, 0.717) is 12.4 Å². The second kappa shape index (κ2) is 5.16. The molecule has 1 aromatic heterocycles. The average molecular weight is 194 g/mol. The smallest absolute Gasteiger partial charge is 0.239 e. The summed E-state index contributed by atoms with van der Waals surface area (Å²) in [7, 11) is 0. The molecule has 2 N–H and O–H groups in total. The number of carbonyl (C=O) groups is 1. The minimum Gasteiger partial charge on any atom is -0.360 e. The first kappa shape index (κ1) is 10.4. The van der Waals surface area contributed by atoms with Gasteiger partial charge in [0.2, 0.25) is 5.91 Å². The van der Waals surface area contributed by atoms with Gasteiger partial charge in [-0.15, -0.1) is 5.10 Å². The van der Waals surface area contributed by atoms with Gasteiger partial charge in [0, 0.05) is 6.54 Å². The Bertz CT molecular complexity index is 296. The van der Waals surface area contributed by atoms with E-state index in [1.54, 1.807) is 6.07 Å². The van der Waals surface area contributed by atoms with E-state index >= 15 is 0 Å². The van der Waals surface area contributed by atoms with Crippen LogP contribution in [0, 0.1) is 6.92 Å². The summed E-state index contributed by atoms with van der Waals surface area (Å²) in [5.41, 5.74) is 0.855. The van der Waals surface area contributed by atoms with Gasteiger partial charge < -0.3 is 10.6 Å². The van der Waals surface area contributed by atoms with E-state index in [0.717, 1.165) is 5.69 Å². The van der Waals surface area contributed by atoms with E-state index in [9.17, 15) is 4.79 Å². The largest absolute Gasteiger partial charge is 0.360 e. The SMILES string of the molecule is CCNC(=O)CNc1ccc(C)nn1. The first-order chi connectivity index (χ1) is 6.72. The van der Waals surface area contributed by atoms with Crippen LogP contribution in [0.5, 0.6) is 0 Å². The maximum absolute atomic E-state index is 11.1.